The van der Waals surface area contributed by atoms with Gasteiger partial charge in [-0.05, 0) is 12.5 Å². The number of nitrogens with zero attached hydrogens (tertiary/aromatic N) is 2. The van der Waals surface area contributed by atoms with Crippen LogP contribution in [0, 0.1) is 0 Å². The summed E-state index contributed by atoms with van der Waals surface area (Å²) in [6.07, 6.45) is 2.75. The molecule has 2 aromatic carbocycles. The number of hydrogen-bond donors (Lipinski definition) is 1. The van der Waals surface area contributed by atoms with Crippen LogP contribution in [0.25, 0.3) is 5.76 Å². The second kappa shape index (κ2) is 9.05. The molecule has 0 spiro atoms. The van der Waals surface area contributed by atoms with E-state index < -0.39 is 5.97 Å². The van der Waals surface area contributed by atoms with Crippen molar-refractivity contribution in [2.24, 2.45) is 10.2 Å². The number of ether oxygens (including phenoxy) is 1. The van der Waals surface area contributed by atoms with Crippen molar-refractivity contribution < 1.29 is 14.6 Å². The highest BCUT2D eigenvalue weighted by atomic mass is 16.5. The topological polar surface area (TPSA) is 71.2 Å². The Balaban J connectivity index is 2.25. The number of hydrogen-bond acceptors (Lipinski definition) is 5. The first kappa shape index (κ1) is 17.1. The van der Waals surface area contributed by atoms with Crippen LogP contribution < -0.4 is 0 Å². The Kier molecular flexibility index (Phi) is 6.46. The molecule has 0 unspecified atom stereocenters. The smallest absolute Gasteiger partial charge is 0.343 e. The molecule has 0 heterocycles. The number of rotatable bonds is 6. The number of esters is 1. The largest absolute Gasteiger partial charge is 0.506 e. The molecule has 0 aliphatic rings. The fraction of sp³-hybridized carbons (Fsp3) is 0.105. The third kappa shape index (κ3) is 4.91. The van der Waals surface area contributed by atoms with Gasteiger partial charge in [0.15, 0.2) is 0 Å². The van der Waals surface area contributed by atoms with Gasteiger partial charge in [-0.3, -0.25) is 0 Å². The lowest BCUT2D eigenvalue weighted by Gasteiger charge is -2.06. The summed E-state index contributed by atoms with van der Waals surface area (Å²) in [7, 11) is 0. The lowest BCUT2D eigenvalue weighted by molar-refractivity contribution is -0.137. The van der Waals surface area contributed by atoms with Crippen molar-refractivity contribution >= 4 is 24.2 Å². The minimum absolute atomic E-state index is 0.0479. The van der Waals surface area contributed by atoms with Crippen LogP contribution >= 0.6 is 0 Å². The van der Waals surface area contributed by atoms with Gasteiger partial charge in [0.25, 0.3) is 0 Å². The molecule has 0 radical (unpaired) electrons. The van der Waals surface area contributed by atoms with Crippen molar-refractivity contribution in [3.8, 4) is 0 Å². The van der Waals surface area contributed by atoms with Crippen molar-refractivity contribution in [2.45, 2.75) is 6.92 Å². The average molecular weight is 322 g/mol. The molecule has 0 saturated heterocycles. The van der Waals surface area contributed by atoms with Gasteiger partial charge < -0.3 is 9.84 Å². The van der Waals surface area contributed by atoms with E-state index in [0.717, 1.165) is 5.56 Å². The van der Waals surface area contributed by atoms with Crippen molar-refractivity contribution in [1.82, 2.24) is 0 Å². The molecular weight excluding hydrogens is 304 g/mol. The van der Waals surface area contributed by atoms with E-state index in [2.05, 4.69) is 10.2 Å². The lowest BCUT2D eigenvalue weighted by Crippen LogP contribution is -2.11. The van der Waals surface area contributed by atoms with Gasteiger partial charge in [0.1, 0.15) is 11.3 Å². The Hall–Kier alpha value is -3.21. The second-order valence-corrected chi connectivity index (χ2v) is 4.75. The molecule has 0 aliphatic carbocycles. The first-order valence-corrected chi connectivity index (χ1v) is 7.49. The van der Waals surface area contributed by atoms with Gasteiger partial charge in [-0.1, -0.05) is 60.7 Å². The zero-order valence-corrected chi connectivity index (χ0v) is 13.3. The molecule has 0 aromatic heterocycles. The van der Waals surface area contributed by atoms with Gasteiger partial charge in [-0.25, -0.2) is 4.79 Å². The van der Waals surface area contributed by atoms with Gasteiger partial charge in [-0.2, -0.15) is 10.2 Å². The summed E-state index contributed by atoms with van der Waals surface area (Å²) in [6, 6.07) is 18.2. The number of benzene rings is 2. The number of carbonyl (C=O) groups is 1. The molecule has 0 aliphatic heterocycles. The van der Waals surface area contributed by atoms with E-state index in [0.29, 0.717) is 5.56 Å². The van der Waals surface area contributed by atoms with Gasteiger partial charge in [0.05, 0.1) is 19.0 Å². The number of aliphatic hydroxyl groups is 1. The molecule has 0 bridgehead atoms. The molecule has 2 rings (SSSR count). The van der Waals surface area contributed by atoms with Crippen LogP contribution in [0.4, 0.5) is 0 Å². The number of carbonyl (C=O) groups excluding carboxylic acids is 1. The highest BCUT2D eigenvalue weighted by Crippen LogP contribution is 2.15. The van der Waals surface area contributed by atoms with Crippen LogP contribution in [0.5, 0.6) is 0 Å². The Labute approximate surface area is 140 Å². The Morgan fingerprint density at radius 1 is 1.04 bits per heavy atom. The second-order valence-electron chi connectivity index (χ2n) is 4.75. The van der Waals surface area contributed by atoms with Gasteiger partial charge >= 0.3 is 5.97 Å². The molecule has 0 fully saturated rings. The summed E-state index contributed by atoms with van der Waals surface area (Å²) in [4.78, 5) is 12.0. The van der Waals surface area contributed by atoms with E-state index in [1.165, 1.54) is 6.21 Å². The van der Waals surface area contributed by atoms with E-state index >= 15 is 0 Å². The maximum absolute atomic E-state index is 12.0. The monoisotopic (exact) mass is 322 g/mol. The predicted octanol–water partition coefficient (Wildman–Crippen LogP) is 3.62. The molecule has 122 valence electrons. The quantitative estimate of drug-likeness (QED) is 0.290. The van der Waals surface area contributed by atoms with Crippen molar-refractivity contribution in [2.75, 3.05) is 6.61 Å². The SMILES string of the molecule is CCOC(=O)C(/C=N/N=C/c1ccccc1)=C(/O)c1ccccc1. The Morgan fingerprint density at radius 2 is 1.67 bits per heavy atom. The van der Waals surface area contributed by atoms with Gasteiger partial charge in [0, 0.05) is 5.56 Å². The highest BCUT2D eigenvalue weighted by Gasteiger charge is 2.16. The van der Waals surface area contributed by atoms with E-state index in [1.54, 1.807) is 37.4 Å². The van der Waals surface area contributed by atoms with Crippen molar-refractivity contribution in [3.63, 3.8) is 0 Å². The van der Waals surface area contributed by atoms with Crippen molar-refractivity contribution in [3.05, 3.63) is 77.4 Å². The zero-order chi connectivity index (χ0) is 17.2. The first-order chi connectivity index (χ1) is 11.7. The summed E-state index contributed by atoms with van der Waals surface area (Å²) < 4.78 is 4.96. The molecule has 24 heavy (non-hydrogen) atoms. The normalized spacial score (nSPS) is 12.4. The maximum atomic E-state index is 12.0. The van der Waals surface area contributed by atoms with Crippen LogP contribution in [-0.2, 0) is 9.53 Å². The highest BCUT2D eigenvalue weighted by molar-refractivity contribution is 6.15. The van der Waals surface area contributed by atoms with Gasteiger partial charge in [0.2, 0.25) is 0 Å². The zero-order valence-electron chi connectivity index (χ0n) is 13.3. The fourth-order valence-corrected chi connectivity index (χ4v) is 1.90. The average Bonchev–Trinajstić information content (AvgIpc) is 2.63. The molecule has 5 nitrogen and oxygen atoms in total. The van der Waals surface area contributed by atoms with E-state index in [9.17, 15) is 9.90 Å². The summed E-state index contributed by atoms with van der Waals surface area (Å²) in [5, 5.41) is 18.1. The molecule has 0 amide bonds. The first-order valence-electron chi connectivity index (χ1n) is 7.49. The van der Waals surface area contributed by atoms with Crippen LogP contribution in [0.2, 0.25) is 0 Å². The standard InChI is InChI=1S/C19H18N2O3/c1-2-24-19(23)17(18(22)16-11-7-4-8-12-16)14-21-20-13-15-9-5-3-6-10-15/h3-14,22H,2H2,1H3/b18-17+,20-13+,21-14+. The lowest BCUT2D eigenvalue weighted by atomic mass is 10.1. The predicted molar refractivity (Wildman–Crippen MR) is 95.2 cm³/mol. The summed E-state index contributed by atoms with van der Waals surface area (Å²) in [5.74, 6) is -0.856. The van der Waals surface area contributed by atoms with E-state index in [4.69, 9.17) is 4.74 Å². The summed E-state index contributed by atoms with van der Waals surface area (Å²) >= 11 is 0. The molecule has 5 heteroatoms. The minimum Gasteiger partial charge on any atom is -0.506 e. The minimum atomic E-state index is -0.655. The number of aliphatic hydroxyl groups excluding tert-OH is 1. The van der Waals surface area contributed by atoms with Crippen LogP contribution in [-0.4, -0.2) is 30.1 Å². The Morgan fingerprint density at radius 3 is 2.29 bits per heavy atom. The van der Waals surface area contributed by atoms with Crippen LogP contribution in [0.15, 0.2) is 76.4 Å². The third-order valence-corrected chi connectivity index (χ3v) is 3.06. The Bertz CT molecular complexity index is 751. The van der Waals surface area contributed by atoms with E-state index in [-0.39, 0.29) is 17.9 Å². The summed E-state index contributed by atoms with van der Waals surface area (Å²) in [6.45, 7) is 1.89. The molecule has 1 N–H and O–H groups in total. The van der Waals surface area contributed by atoms with E-state index in [1.807, 2.05) is 36.4 Å². The maximum Gasteiger partial charge on any atom is 0.343 e. The fourth-order valence-electron chi connectivity index (χ4n) is 1.90. The van der Waals surface area contributed by atoms with Crippen molar-refractivity contribution in [1.29, 1.82) is 0 Å². The van der Waals surface area contributed by atoms with Crippen LogP contribution in [0.3, 0.4) is 0 Å². The molecular formula is C19H18N2O3. The molecule has 0 saturated carbocycles. The van der Waals surface area contributed by atoms with Crippen LogP contribution in [0.1, 0.15) is 18.1 Å². The third-order valence-electron chi connectivity index (χ3n) is 3.06. The molecule has 0 atom stereocenters. The summed E-state index contributed by atoms with van der Waals surface area (Å²) in [5.41, 5.74) is 1.33. The van der Waals surface area contributed by atoms with Gasteiger partial charge in [-0.15, -0.1) is 0 Å². The molecule has 2 aromatic rings.